The molecule has 0 fully saturated rings. The van der Waals surface area contributed by atoms with Crippen LogP contribution in [-0.2, 0) is 18.4 Å². The summed E-state index contributed by atoms with van der Waals surface area (Å²) >= 11 is 3.83. The van der Waals surface area contributed by atoms with E-state index in [0.717, 1.165) is 26.4 Å². The van der Waals surface area contributed by atoms with Crippen LogP contribution in [0, 0.1) is 0 Å². The van der Waals surface area contributed by atoms with Gasteiger partial charge in [-0.05, 0) is 12.8 Å². The lowest BCUT2D eigenvalue weighted by Crippen LogP contribution is -2.25. The fourth-order valence-electron chi connectivity index (χ4n) is 1.10. The first-order valence-corrected chi connectivity index (χ1v) is 7.55. The molecule has 0 aliphatic carbocycles. The van der Waals surface area contributed by atoms with Gasteiger partial charge >= 0.3 is 7.82 Å². The number of hydrogen-bond donors (Lipinski definition) is 3. The van der Waals surface area contributed by atoms with Crippen molar-refractivity contribution in [3.63, 3.8) is 0 Å². The number of phosphoric acid groups is 1. The molecule has 0 aromatic rings. The Kier molecular flexibility index (Phi) is 9.87. The van der Waals surface area contributed by atoms with Crippen molar-refractivity contribution in [2.75, 3.05) is 26.0 Å². The maximum atomic E-state index is 10.9. The minimum atomic E-state index is -3.82. The largest absolute Gasteiger partial charge is 0.471 e. The van der Waals surface area contributed by atoms with E-state index in [1.807, 2.05) is 0 Å². The van der Waals surface area contributed by atoms with E-state index in [2.05, 4.69) is 27.0 Å². The van der Waals surface area contributed by atoms with Crippen LogP contribution in [0.4, 0.5) is 0 Å². The van der Waals surface area contributed by atoms with Crippen LogP contribution in [-0.4, -0.2) is 36.8 Å². The lowest BCUT2D eigenvalue weighted by atomic mass is 10.2. The molecule has 2 N–H and O–H groups in total. The molecular weight excluding hydrogens is 265 g/mol. The van der Waals surface area contributed by atoms with Crippen molar-refractivity contribution in [2.45, 2.75) is 25.7 Å². The average molecular weight is 285 g/mol. The van der Waals surface area contributed by atoms with Gasteiger partial charge in [0, 0.05) is 13.7 Å². The van der Waals surface area contributed by atoms with E-state index in [-0.39, 0.29) is 18.3 Å². The normalized spacial score (nSPS) is 14.3. The van der Waals surface area contributed by atoms with Gasteiger partial charge in [-0.1, -0.05) is 12.8 Å². The Morgan fingerprint density at radius 1 is 1.35 bits per heavy atom. The van der Waals surface area contributed by atoms with Crippen LogP contribution in [0.15, 0.2) is 0 Å². The Labute approximate surface area is 107 Å². The van der Waals surface area contributed by atoms with E-state index >= 15 is 0 Å². The zero-order valence-corrected chi connectivity index (χ0v) is 11.7. The Morgan fingerprint density at radius 3 is 2.59 bits per heavy atom. The number of hydrogen-bond acceptors (Lipinski definition) is 5. The van der Waals surface area contributed by atoms with Gasteiger partial charge < -0.3 is 10.2 Å². The molecule has 1 atom stereocenters. The van der Waals surface area contributed by atoms with Gasteiger partial charge in [-0.2, -0.15) is 12.6 Å². The fourth-order valence-corrected chi connectivity index (χ4v) is 1.67. The Hall–Kier alpha value is -0.0700. The molecule has 0 heterocycles. The highest BCUT2D eigenvalue weighted by Crippen LogP contribution is 2.41. The average Bonchev–Trinajstić information content (AvgIpc) is 2.32. The van der Waals surface area contributed by atoms with Gasteiger partial charge in [0.15, 0.2) is 0 Å². The van der Waals surface area contributed by atoms with Crippen molar-refractivity contribution < 1.29 is 23.3 Å². The van der Waals surface area contributed by atoms with Crippen LogP contribution in [0.1, 0.15) is 25.7 Å². The van der Waals surface area contributed by atoms with Crippen LogP contribution < -0.4 is 5.32 Å². The molecule has 1 unspecified atom stereocenters. The van der Waals surface area contributed by atoms with Gasteiger partial charge in [0.05, 0.1) is 12.4 Å². The molecule has 102 valence electrons. The first kappa shape index (κ1) is 16.9. The van der Waals surface area contributed by atoms with Crippen molar-refractivity contribution in [3.05, 3.63) is 0 Å². The predicted octanol–water partition coefficient (Wildman–Crippen LogP) is 1.36. The summed E-state index contributed by atoms with van der Waals surface area (Å²) in [5.41, 5.74) is 0. The SMILES string of the molecule is COP(=O)(O)OCCCCCCNC(=O)CS. The van der Waals surface area contributed by atoms with Crippen LogP contribution in [0.2, 0.25) is 0 Å². The number of thiol groups is 1. The summed E-state index contributed by atoms with van der Waals surface area (Å²) in [6.07, 6.45) is 3.37. The van der Waals surface area contributed by atoms with Crippen molar-refractivity contribution in [1.82, 2.24) is 5.32 Å². The zero-order valence-electron chi connectivity index (χ0n) is 9.92. The highest BCUT2D eigenvalue weighted by atomic mass is 32.1. The Bertz CT molecular complexity index is 264. The van der Waals surface area contributed by atoms with E-state index < -0.39 is 7.82 Å². The second kappa shape index (κ2) is 9.91. The number of carbonyl (C=O) groups is 1. The van der Waals surface area contributed by atoms with Gasteiger partial charge in [-0.25, -0.2) is 4.57 Å². The first-order valence-electron chi connectivity index (χ1n) is 5.42. The molecule has 0 spiro atoms. The molecule has 0 saturated carbocycles. The standard InChI is InChI=1S/C9H20NO5PS/c1-14-16(12,13)15-7-5-3-2-4-6-10-9(11)8-17/h17H,2-8H2,1H3,(H,10,11)(H,12,13). The maximum Gasteiger partial charge on any atom is 0.471 e. The third kappa shape index (κ3) is 10.8. The zero-order chi connectivity index (χ0) is 13.1. The van der Waals surface area contributed by atoms with Gasteiger partial charge in [-0.15, -0.1) is 0 Å². The molecule has 0 aliphatic rings. The second-order valence-electron chi connectivity index (χ2n) is 3.41. The van der Waals surface area contributed by atoms with Gasteiger partial charge in [0.25, 0.3) is 0 Å². The lowest BCUT2D eigenvalue weighted by molar-refractivity contribution is -0.118. The summed E-state index contributed by atoms with van der Waals surface area (Å²) in [4.78, 5) is 19.7. The van der Waals surface area contributed by atoms with Crippen LogP contribution >= 0.6 is 20.5 Å². The molecule has 0 aromatic heterocycles. The highest BCUT2D eigenvalue weighted by Gasteiger charge is 2.17. The summed E-state index contributed by atoms with van der Waals surface area (Å²) in [7, 11) is -2.69. The fraction of sp³-hybridized carbons (Fsp3) is 0.889. The number of nitrogens with one attached hydrogen (secondary N) is 1. The minimum absolute atomic E-state index is 0.0713. The van der Waals surface area contributed by atoms with Gasteiger partial charge in [0.1, 0.15) is 0 Å². The smallest absolute Gasteiger partial charge is 0.355 e. The first-order chi connectivity index (χ1) is 8.02. The molecule has 17 heavy (non-hydrogen) atoms. The Balaban J connectivity index is 3.25. The number of carbonyl (C=O) groups excluding carboxylic acids is 1. The van der Waals surface area contributed by atoms with E-state index in [4.69, 9.17) is 4.89 Å². The molecule has 0 rings (SSSR count). The van der Waals surface area contributed by atoms with E-state index in [1.165, 1.54) is 0 Å². The molecule has 8 heteroatoms. The molecule has 1 amide bonds. The summed E-state index contributed by atoms with van der Waals surface area (Å²) in [6, 6.07) is 0. The number of unbranched alkanes of at least 4 members (excludes halogenated alkanes) is 3. The van der Waals surface area contributed by atoms with Crippen molar-refractivity contribution in [3.8, 4) is 0 Å². The summed E-state index contributed by atoms with van der Waals surface area (Å²) in [5, 5.41) is 2.71. The van der Waals surface area contributed by atoms with Crippen molar-refractivity contribution in [2.24, 2.45) is 0 Å². The van der Waals surface area contributed by atoms with E-state index in [9.17, 15) is 9.36 Å². The summed E-state index contributed by atoms with van der Waals surface area (Å²) in [5.74, 6) is 0.134. The monoisotopic (exact) mass is 285 g/mol. The molecule has 0 bridgehead atoms. The second-order valence-corrected chi connectivity index (χ2v) is 5.28. The van der Waals surface area contributed by atoms with E-state index in [1.54, 1.807) is 0 Å². The van der Waals surface area contributed by atoms with Crippen LogP contribution in [0.3, 0.4) is 0 Å². The van der Waals surface area contributed by atoms with Crippen LogP contribution in [0.5, 0.6) is 0 Å². The van der Waals surface area contributed by atoms with E-state index in [0.29, 0.717) is 13.0 Å². The molecule has 0 saturated heterocycles. The predicted molar refractivity (Wildman–Crippen MR) is 68.1 cm³/mol. The summed E-state index contributed by atoms with van der Waals surface area (Å²) in [6.45, 7) is 0.835. The van der Waals surface area contributed by atoms with Gasteiger partial charge in [-0.3, -0.25) is 13.8 Å². The minimum Gasteiger partial charge on any atom is -0.355 e. The topological polar surface area (TPSA) is 84.9 Å². The third-order valence-corrected chi connectivity index (χ3v) is 3.28. The Morgan fingerprint density at radius 2 is 2.00 bits per heavy atom. The lowest BCUT2D eigenvalue weighted by Gasteiger charge is -2.08. The van der Waals surface area contributed by atoms with Crippen LogP contribution in [0.25, 0.3) is 0 Å². The van der Waals surface area contributed by atoms with Crippen molar-refractivity contribution >= 4 is 26.4 Å². The molecular formula is C9H20NO5PS. The number of phosphoric ester groups is 1. The molecule has 0 aromatic carbocycles. The number of amides is 1. The quantitative estimate of drug-likeness (QED) is 0.320. The molecule has 0 aliphatic heterocycles. The molecule has 0 radical (unpaired) electrons. The highest BCUT2D eigenvalue weighted by molar-refractivity contribution is 7.81. The molecule has 6 nitrogen and oxygen atoms in total. The van der Waals surface area contributed by atoms with Crippen molar-refractivity contribution in [1.29, 1.82) is 0 Å². The summed E-state index contributed by atoms with van der Waals surface area (Å²) < 4.78 is 19.8. The maximum absolute atomic E-state index is 10.9. The van der Waals surface area contributed by atoms with Gasteiger partial charge in [0.2, 0.25) is 5.91 Å². The number of rotatable bonds is 10. The third-order valence-electron chi connectivity index (χ3n) is 2.02.